The van der Waals surface area contributed by atoms with E-state index in [1.807, 2.05) is 30.5 Å². The number of rotatable bonds is 8. The molecule has 4 aromatic rings. The van der Waals surface area contributed by atoms with E-state index >= 15 is 0 Å². The number of hydrogen-bond acceptors (Lipinski definition) is 5. The van der Waals surface area contributed by atoms with Gasteiger partial charge in [0.2, 0.25) is 0 Å². The highest BCUT2D eigenvalue weighted by Crippen LogP contribution is 2.45. The van der Waals surface area contributed by atoms with Gasteiger partial charge in [-0.1, -0.05) is 30.3 Å². The van der Waals surface area contributed by atoms with Crippen LogP contribution in [0.2, 0.25) is 0 Å². The highest BCUT2D eigenvalue weighted by Gasteiger charge is 2.32. The van der Waals surface area contributed by atoms with Gasteiger partial charge in [-0.3, -0.25) is 9.59 Å². The van der Waals surface area contributed by atoms with Crippen molar-refractivity contribution in [3.8, 4) is 10.4 Å². The lowest BCUT2D eigenvalue weighted by Gasteiger charge is -2.21. The molecule has 0 aliphatic heterocycles. The lowest BCUT2D eigenvalue weighted by Crippen LogP contribution is -2.38. The predicted molar refractivity (Wildman–Crippen MR) is 129 cm³/mol. The Labute approximate surface area is 200 Å². The molecule has 34 heavy (non-hydrogen) atoms. The third kappa shape index (κ3) is 4.59. The van der Waals surface area contributed by atoms with E-state index in [4.69, 9.17) is 9.72 Å². The molecule has 1 saturated carbocycles. The summed E-state index contributed by atoms with van der Waals surface area (Å²) in [5.41, 5.74) is 3.13. The van der Waals surface area contributed by atoms with Crippen LogP contribution in [0.4, 0.5) is 4.39 Å². The SMILES string of the molecule is COC(=O)CN(CCc1c[nH]c2ccccc12)C(=O)c1nc(C2CC2)sc1-c1ccc(F)cc1. The average molecular weight is 478 g/mol. The van der Waals surface area contributed by atoms with Crippen molar-refractivity contribution in [1.82, 2.24) is 14.9 Å². The smallest absolute Gasteiger partial charge is 0.325 e. The van der Waals surface area contributed by atoms with E-state index in [2.05, 4.69) is 4.98 Å². The van der Waals surface area contributed by atoms with E-state index in [-0.39, 0.29) is 18.3 Å². The molecule has 1 amide bonds. The van der Waals surface area contributed by atoms with Crippen LogP contribution in [0.1, 0.15) is 39.8 Å². The van der Waals surface area contributed by atoms with Gasteiger partial charge in [0.25, 0.3) is 5.91 Å². The van der Waals surface area contributed by atoms with Crippen molar-refractivity contribution >= 4 is 34.1 Å². The van der Waals surface area contributed by atoms with Crippen molar-refractivity contribution in [3.63, 3.8) is 0 Å². The molecule has 6 nitrogen and oxygen atoms in total. The molecule has 0 saturated heterocycles. The number of nitrogens with one attached hydrogen (secondary N) is 1. The number of aromatic amines is 1. The monoisotopic (exact) mass is 477 g/mol. The predicted octanol–water partition coefficient (Wildman–Crippen LogP) is 5.17. The first-order chi connectivity index (χ1) is 16.5. The number of para-hydroxylation sites is 1. The number of esters is 1. The number of carbonyl (C=O) groups excluding carboxylic acids is 2. The van der Waals surface area contributed by atoms with Gasteiger partial charge in [0.1, 0.15) is 18.1 Å². The first-order valence-corrected chi connectivity index (χ1v) is 12.0. The zero-order chi connectivity index (χ0) is 23.7. The van der Waals surface area contributed by atoms with Crippen molar-refractivity contribution in [1.29, 1.82) is 0 Å². The molecule has 5 rings (SSSR count). The van der Waals surface area contributed by atoms with Crippen LogP contribution in [0.15, 0.2) is 54.7 Å². The van der Waals surface area contributed by atoms with Crippen LogP contribution in [0, 0.1) is 5.82 Å². The average Bonchev–Trinajstić information content (AvgIpc) is 3.48. The highest BCUT2D eigenvalue weighted by molar-refractivity contribution is 7.15. The van der Waals surface area contributed by atoms with Crippen LogP contribution < -0.4 is 0 Å². The minimum atomic E-state index is -0.492. The summed E-state index contributed by atoms with van der Waals surface area (Å²) in [5.74, 6) is -0.790. The second-order valence-corrected chi connectivity index (χ2v) is 9.45. The Morgan fingerprint density at radius 3 is 2.68 bits per heavy atom. The molecule has 0 unspecified atom stereocenters. The Morgan fingerprint density at radius 2 is 1.94 bits per heavy atom. The molecule has 2 heterocycles. The normalized spacial score (nSPS) is 13.2. The Bertz CT molecular complexity index is 1340. The van der Waals surface area contributed by atoms with Crippen molar-refractivity contribution < 1.29 is 18.7 Å². The lowest BCUT2D eigenvalue weighted by molar-refractivity contribution is -0.141. The van der Waals surface area contributed by atoms with E-state index < -0.39 is 5.97 Å². The molecule has 0 spiro atoms. The molecule has 174 valence electrons. The quantitative estimate of drug-likeness (QED) is 0.356. The van der Waals surface area contributed by atoms with Gasteiger partial charge < -0.3 is 14.6 Å². The van der Waals surface area contributed by atoms with E-state index in [1.54, 1.807) is 12.1 Å². The fourth-order valence-corrected chi connectivity index (χ4v) is 5.23. The fraction of sp³-hybridized carbons (Fsp3) is 0.269. The van der Waals surface area contributed by atoms with Crippen molar-refractivity contribution in [2.24, 2.45) is 0 Å². The minimum Gasteiger partial charge on any atom is -0.468 e. The Kier molecular flexibility index (Phi) is 6.15. The molecular formula is C26H24FN3O3S. The number of amides is 1. The van der Waals surface area contributed by atoms with Crippen molar-refractivity contribution in [3.05, 3.63) is 76.8 Å². The number of ether oxygens (including phenoxy) is 1. The summed E-state index contributed by atoms with van der Waals surface area (Å²) in [6.45, 7) is 0.158. The zero-order valence-corrected chi connectivity index (χ0v) is 19.5. The summed E-state index contributed by atoms with van der Waals surface area (Å²) >= 11 is 1.47. The number of fused-ring (bicyclic) bond motifs is 1. The van der Waals surface area contributed by atoms with Crippen LogP contribution >= 0.6 is 11.3 Å². The van der Waals surface area contributed by atoms with Crippen LogP contribution in [-0.2, 0) is 16.0 Å². The van der Waals surface area contributed by atoms with Gasteiger partial charge in [0.15, 0.2) is 0 Å². The van der Waals surface area contributed by atoms with E-state index in [0.717, 1.165) is 39.9 Å². The topological polar surface area (TPSA) is 75.3 Å². The molecule has 0 radical (unpaired) electrons. The molecule has 2 aromatic carbocycles. The number of thiazole rings is 1. The maximum absolute atomic E-state index is 13.7. The number of hydrogen-bond donors (Lipinski definition) is 1. The van der Waals surface area contributed by atoms with Gasteiger partial charge in [-0.05, 0) is 48.6 Å². The number of aromatic nitrogens is 2. The van der Waals surface area contributed by atoms with Gasteiger partial charge in [-0.25, -0.2) is 9.37 Å². The van der Waals surface area contributed by atoms with Crippen LogP contribution in [0.3, 0.4) is 0 Å². The lowest BCUT2D eigenvalue weighted by atomic mass is 10.1. The summed E-state index contributed by atoms with van der Waals surface area (Å²) in [4.78, 5) is 36.0. The largest absolute Gasteiger partial charge is 0.468 e. The summed E-state index contributed by atoms with van der Waals surface area (Å²) in [6.07, 6.45) is 4.61. The number of H-pyrrole nitrogens is 1. The highest BCUT2D eigenvalue weighted by atomic mass is 32.1. The molecule has 1 fully saturated rings. The second-order valence-electron chi connectivity index (χ2n) is 8.42. The van der Waals surface area contributed by atoms with E-state index in [1.165, 1.54) is 35.5 Å². The molecule has 0 bridgehead atoms. The first kappa shape index (κ1) is 22.3. The minimum absolute atomic E-state index is 0.170. The number of benzene rings is 2. The molecule has 1 aliphatic rings. The Balaban J connectivity index is 1.46. The van der Waals surface area contributed by atoms with Gasteiger partial charge in [0.05, 0.1) is 17.0 Å². The number of carbonyl (C=O) groups is 2. The van der Waals surface area contributed by atoms with Crippen LogP contribution in [-0.4, -0.2) is 46.9 Å². The van der Waals surface area contributed by atoms with Gasteiger partial charge >= 0.3 is 5.97 Å². The molecule has 2 aromatic heterocycles. The van der Waals surface area contributed by atoms with E-state index in [9.17, 15) is 14.0 Å². The Morgan fingerprint density at radius 1 is 1.18 bits per heavy atom. The molecule has 0 atom stereocenters. The molecular weight excluding hydrogens is 453 g/mol. The van der Waals surface area contributed by atoms with Crippen LogP contribution in [0.5, 0.6) is 0 Å². The van der Waals surface area contributed by atoms with Gasteiger partial charge in [0, 0.05) is 29.6 Å². The maximum atomic E-state index is 13.7. The number of methoxy groups -OCH3 is 1. The van der Waals surface area contributed by atoms with Crippen LogP contribution in [0.25, 0.3) is 21.3 Å². The summed E-state index contributed by atoms with van der Waals surface area (Å²) in [5, 5.41) is 2.00. The molecule has 1 aliphatic carbocycles. The third-order valence-corrected chi connectivity index (χ3v) is 7.31. The first-order valence-electron chi connectivity index (χ1n) is 11.2. The van der Waals surface area contributed by atoms with Crippen molar-refractivity contribution in [2.45, 2.75) is 25.2 Å². The standard InChI is InChI=1S/C26H24FN3O3S/c1-33-22(31)15-30(13-12-18-14-28-21-5-3-2-4-20(18)21)26(32)23-24(16-8-10-19(27)11-9-16)34-25(29-23)17-6-7-17/h2-5,8-11,14,17,28H,6-7,12-13,15H2,1H3. The maximum Gasteiger partial charge on any atom is 0.325 e. The summed E-state index contributed by atoms with van der Waals surface area (Å²) < 4.78 is 18.4. The second kappa shape index (κ2) is 9.38. The number of nitrogens with zero attached hydrogens (tertiary/aromatic N) is 2. The number of halogens is 1. The Hall–Kier alpha value is -3.52. The van der Waals surface area contributed by atoms with E-state index in [0.29, 0.717) is 29.5 Å². The summed E-state index contributed by atoms with van der Waals surface area (Å²) in [6, 6.07) is 14.0. The fourth-order valence-electron chi connectivity index (χ4n) is 4.00. The van der Waals surface area contributed by atoms with Gasteiger partial charge in [-0.15, -0.1) is 11.3 Å². The zero-order valence-electron chi connectivity index (χ0n) is 18.7. The third-order valence-electron chi connectivity index (χ3n) is 6.04. The van der Waals surface area contributed by atoms with Gasteiger partial charge in [-0.2, -0.15) is 0 Å². The van der Waals surface area contributed by atoms with Crippen molar-refractivity contribution in [2.75, 3.05) is 20.2 Å². The molecule has 1 N–H and O–H groups in total. The molecule has 8 heteroatoms. The summed E-state index contributed by atoms with van der Waals surface area (Å²) in [7, 11) is 1.31.